The van der Waals surface area contributed by atoms with Gasteiger partial charge in [0.05, 0.1) is 17.4 Å². The van der Waals surface area contributed by atoms with Crippen molar-refractivity contribution < 1.29 is 22.7 Å². The fourth-order valence-electron chi connectivity index (χ4n) is 4.33. The summed E-state index contributed by atoms with van der Waals surface area (Å²) in [5.74, 6) is -0.914. The number of ether oxygens (including phenoxy) is 1. The van der Waals surface area contributed by atoms with Gasteiger partial charge >= 0.3 is 5.97 Å². The summed E-state index contributed by atoms with van der Waals surface area (Å²) in [5.41, 5.74) is 5.29. The van der Waals surface area contributed by atoms with E-state index in [2.05, 4.69) is 0 Å². The molecule has 1 aliphatic heterocycles. The molecule has 0 radical (unpaired) electrons. The Hall–Kier alpha value is -3.29. The summed E-state index contributed by atoms with van der Waals surface area (Å²) >= 11 is 0. The van der Waals surface area contributed by atoms with Crippen LogP contribution in [0.1, 0.15) is 50.6 Å². The summed E-state index contributed by atoms with van der Waals surface area (Å²) < 4.78 is 33.8. The van der Waals surface area contributed by atoms with Crippen LogP contribution in [0.15, 0.2) is 71.6 Å². The van der Waals surface area contributed by atoms with Crippen LogP contribution in [0.25, 0.3) is 0 Å². The first kappa shape index (κ1) is 24.8. The van der Waals surface area contributed by atoms with Crippen LogP contribution in [-0.4, -0.2) is 37.6 Å². The molecule has 1 atom stereocenters. The molecule has 0 spiro atoms. The number of aryl methyl sites for hydroxylation is 3. The van der Waals surface area contributed by atoms with Crippen LogP contribution in [0.4, 0.5) is 0 Å². The van der Waals surface area contributed by atoms with E-state index in [9.17, 15) is 18.0 Å². The number of nitrogens with zero attached hydrogens (tertiary/aromatic N) is 1. The summed E-state index contributed by atoms with van der Waals surface area (Å²) in [6.45, 7) is 5.64. The van der Waals surface area contributed by atoms with Crippen LogP contribution in [-0.2, 0) is 26.0 Å². The Kier molecular flexibility index (Phi) is 7.19. The second kappa shape index (κ2) is 10.1. The van der Waals surface area contributed by atoms with Crippen LogP contribution in [0.2, 0.25) is 0 Å². The number of ketones is 1. The van der Waals surface area contributed by atoms with Gasteiger partial charge in [0.25, 0.3) is 0 Å². The SMILES string of the molecule is Cc1ccc(S(=O)(=O)N2CCc3ccccc3C2CC(=O)OCC(=O)c2ccc(C)c(C)c2)cc1. The first-order chi connectivity index (χ1) is 16.7. The molecule has 0 N–H and O–H groups in total. The Morgan fingerprint density at radius 1 is 0.943 bits per heavy atom. The molecule has 0 aliphatic carbocycles. The van der Waals surface area contributed by atoms with Gasteiger partial charge in [0.1, 0.15) is 0 Å². The van der Waals surface area contributed by atoms with Crippen molar-refractivity contribution in [2.75, 3.05) is 13.2 Å². The van der Waals surface area contributed by atoms with Crippen molar-refractivity contribution in [1.29, 1.82) is 0 Å². The zero-order chi connectivity index (χ0) is 25.2. The maximum Gasteiger partial charge on any atom is 0.308 e. The van der Waals surface area contributed by atoms with Crippen LogP contribution in [0, 0.1) is 20.8 Å². The molecule has 6 nitrogen and oxygen atoms in total. The van der Waals surface area contributed by atoms with Crippen molar-refractivity contribution in [2.24, 2.45) is 0 Å². The average Bonchev–Trinajstić information content (AvgIpc) is 2.84. The summed E-state index contributed by atoms with van der Waals surface area (Å²) in [5, 5.41) is 0. The van der Waals surface area contributed by atoms with Gasteiger partial charge in [0.2, 0.25) is 10.0 Å². The highest BCUT2D eigenvalue weighted by Crippen LogP contribution is 2.36. The number of sulfonamides is 1. The molecule has 182 valence electrons. The quantitative estimate of drug-likeness (QED) is 0.353. The van der Waals surface area contributed by atoms with E-state index in [1.54, 1.807) is 36.4 Å². The number of hydrogen-bond acceptors (Lipinski definition) is 5. The molecule has 1 heterocycles. The van der Waals surface area contributed by atoms with Crippen molar-refractivity contribution in [2.45, 2.75) is 44.6 Å². The predicted molar refractivity (Wildman–Crippen MR) is 134 cm³/mol. The number of esters is 1. The molecule has 0 aromatic heterocycles. The maximum atomic E-state index is 13.5. The number of carbonyl (C=O) groups excluding carboxylic acids is 2. The van der Waals surface area contributed by atoms with Gasteiger partial charge in [-0.2, -0.15) is 4.31 Å². The zero-order valence-corrected chi connectivity index (χ0v) is 21.0. The van der Waals surface area contributed by atoms with Crippen LogP contribution < -0.4 is 0 Å². The first-order valence-corrected chi connectivity index (χ1v) is 13.0. The number of carbonyl (C=O) groups is 2. The second-order valence-electron chi connectivity index (χ2n) is 8.98. The Morgan fingerprint density at radius 2 is 1.66 bits per heavy atom. The van der Waals surface area contributed by atoms with Gasteiger partial charge in [-0.1, -0.05) is 54.1 Å². The van der Waals surface area contributed by atoms with E-state index in [-0.39, 0.29) is 30.3 Å². The minimum Gasteiger partial charge on any atom is -0.457 e. The Balaban J connectivity index is 1.54. The first-order valence-electron chi connectivity index (χ1n) is 11.6. The molecule has 0 saturated carbocycles. The van der Waals surface area contributed by atoms with Crippen molar-refractivity contribution in [1.82, 2.24) is 4.31 Å². The fourth-order valence-corrected chi connectivity index (χ4v) is 5.94. The summed E-state index contributed by atoms with van der Waals surface area (Å²) in [4.78, 5) is 25.6. The molecule has 0 bridgehead atoms. The lowest BCUT2D eigenvalue weighted by Gasteiger charge is -2.36. The third kappa shape index (κ3) is 5.36. The molecule has 1 aliphatic rings. The van der Waals surface area contributed by atoms with Crippen LogP contribution in [0.5, 0.6) is 0 Å². The minimum absolute atomic E-state index is 0.178. The lowest BCUT2D eigenvalue weighted by atomic mass is 9.92. The van der Waals surface area contributed by atoms with E-state index in [0.29, 0.717) is 12.0 Å². The van der Waals surface area contributed by atoms with Gasteiger partial charge in [-0.3, -0.25) is 9.59 Å². The number of benzene rings is 3. The average molecular weight is 492 g/mol. The third-order valence-electron chi connectivity index (χ3n) is 6.54. The molecule has 3 aromatic rings. The predicted octanol–water partition coefficient (Wildman–Crippen LogP) is 4.72. The second-order valence-corrected chi connectivity index (χ2v) is 10.9. The van der Waals surface area contributed by atoms with Crippen molar-refractivity contribution in [3.05, 3.63) is 100 Å². The Bertz CT molecular complexity index is 1360. The number of rotatable bonds is 7. The molecule has 0 fully saturated rings. The minimum atomic E-state index is -3.84. The number of hydrogen-bond donors (Lipinski definition) is 0. The number of Topliss-reactive ketones (excluding diaryl/α,β-unsaturated/α-hetero) is 1. The largest absolute Gasteiger partial charge is 0.457 e. The van der Waals surface area contributed by atoms with Gasteiger partial charge in [0, 0.05) is 12.1 Å². The van der Waals surface area contributed by atoms with Gasteiger partial charge in [0.15, 0.2) is 12.4 Å². The van der Waals surface area contributed by atoms with Gasteiger partial charge < -0.3 is 4.74 Å². The third-order valence-corrected chi connectivity index (χ3v) is 8.47. The Labute approximate surface area is 206 Å². The smallest absolute Gasteiger partial charge is 0.308 e. The van der Waals surface area contributed by atoms with Crippen LogP contribution in [0.3, 0.4) is 0 Å². The number of fused-ring (bicyclic) bond motifs is 1. The molecular weight excluding hydrogens is 462 g/mol. The van der Waals surface area contributed by atoms with Gasteiger partial charge in [-0.15, -0.1) is 0 Å². The highest BCUT2D eigenvalue weighted by molar-refractivity contribution is 7.89. The normalized spacial score (nSPS) is 15.9. The van der Waals surface area contributed by atoms with Crippen molar-refractivity contribution >= 4 is 21.8 Å². The lowest BCUT2D eigenvalue weighted by molar-refractivity contribution is -0.143. The molecule has 4 rings (SSSR count). The maximum absolute atomic E-state index is 13.5. The van der Waals surface area contributed by atoms with E-state index < -0.39 is 22.0 Å². The zero-order valence-electron chi connectivity index (χ0n) is 20.2. The van der Waals surface area contributed by atoms with Crippen LogP contribution >= 0.6 is 0 Å². The molecule has 0 amide bonds. The van der Waals surface area contributed by atoms with Gasteiger partial charge in [-0.05, 0) is 67.6 Å². The summed E-state index contributed by atoms with van der Waals surface area (Å²) in [7, 11) is -3.84. The highest BCUT2D eigenvalue weighted by atomic mass is 32.2. The van der Waals surface area contributed by atoms with E-state index in [4.69, 9.17) is 4.74 Å². The molecule has 1 unspecified atom stereocenters. The summed E-state index contributed by atoms with van der Waals surface area (Å²) in [6.07, 6.45) is 0.375. The molecule has 35 heavy (non-hydrogen) atoms. The van der Waals surface area contributed by atoms with E-state index >= 15 is 0 Å². The van der Waals surface area contributed by atoms with Crippen molar-refractivity contribution in [3.63, 3.8) is 0 Å². The molecule has 7 heteroatoms. The molecule has 0 saturated heterocycles. The van der Waals surface area contributed by atoms with E-state index in [1.165, 1.54) is 4.31 Å². The van der Waals surface area contributed by atoms with E-state index in [1.807, 2.05) is 51.1 Å². The Morgan fingerprint density at radius 3 is 2.37 bits per heavy atom. The standard InChI is InChI=1S/C28H29NO5S/c1-19-8-12-24(13-9-19)35(32,33)29-15-14-22-6-4-5-7-25(22)26(29)17-28(31)34-18-27(30)23-11-10-20(2)21(3)16-23/h4-13,16,26H,14-15,17-18H2,1-3H3. The topological polar surface area (TPSA) is 80.8 Å². The summed E-state index contributed by atoms with van der Waals surface area (Å²) in [6, 6.07) is 18.9. The van der Waals surface area contributed by atoms with Crippen molar-refractivity contribution in [3.8, 4) is 0 Å². The molecular formula is C28H29NO5S. The molecule has 3 aromatic carbocycles. The lowest BCUT2D eigenvalue weighted by Crippen LogP contribution is -2.41. The monoisotopic (exact) mass is 491 g/mol. The van der Waals surface area contributed by atoms with E-state index in [0.717, 1.165) is 27.8 Å². The van der Waals surface area contributed by atoms with Gasteiger partial charge in [-0.25, -0.2) is 8.42 Å². The highest BCUT2D eigenvalue weighted by Gasteiger charge is 2.37. The fraction of sp³-hybridized carbons (Fsp3) is 0.286.